The molecule has 1 atom stereocenters. The average molecular weight is 375 g/mol. The topological polar surface area (TPSA) is 125 Å². The average Bonchev–Trinajstić information content (AvgIpc) is 3.19. The third-order valence-corrected chi connectivity index (χ3v) is 3.58. The number of hydrogen-bond acceptors (Lipinski definition) is 8. The minimum Gasteiger partial charge on any atom is -0.467 e. The molecule has 1 unspecified atom stereocenters. The molecule has 1 aromatic carbocycles. The molecule has 2 aromatic rings. The number of nitrogens with zero attached hydrogens (tertiary/aromatic N) is 4. The Kier molecular flexibility index (Phi) is 6.98. The van der Waals surface area contributed by atoms with Crippen LogP contribution in [0, 0.1) is 5.92 Å². The van der Waals surface area contributed by atoms with Crippen LogP contribution in [0.25, 0.3) is 5.69 Å². The Balaban J connectivity index is 1.99. The lowest BCUT2D eigenvalue weighted by Crippen LogP contribution is -2.44. The monoisotopic (exact) mass is 375 g/mol. The highest BCUT2D eigenvalue weighted by atomic mass is 16.5. The van der Waals surface area contributed by atoms with Gasteiger partial charge in [-0.15, -0.1) is 5.10 Å². The van der Waals surface area contributed by atoms with Crippen molar-refractivity contribution in [3.05, 3.63) is 36.2 Å². The van der Waals surface area contributed by atoms with Gasteiger partial charge in [0.05, 0.1) is 18.4 Å². The first-order valence-electron chi connectivity index (χ1n) is 8.29. The number of nitrogens with one attached hydrogen (secondary N) is 1. The van der Waals surface area contributed by atoms with Crippen LogP contribution in [0.2, 0.25) is 0 Å². The van der Waals surface area contributed by atoms with Gasteiger partial charge in [0, 0.05) is 0 Å². The summed E-state index contributed by atoms with van der Waals surface area (Å²) in [5.41, 5.74) is 0.615. The molecule has 2 rings (SSSR count). The Bertz CT molecular complexity index is 791. The molecule has 27 heavy (non-hydrogen) atoms. The number of ether oxygens (including phenoxy) is 2. The van der Waals surface area contributed by atoms with E-state index in [9.17, 15) is 14.4 Å². The summed E-state index contributed by atoms with van der Waals surface area (Å²) in [5.74, 6) is -1.69. The van der Waals surface area contributed by atoms with E-state index < -0.39 is 30.5 Å². The van der Waals surface area contributed by atoms with Crippen molar-refractivity contribution in [1.29, 1.82) is 0 Å². The van der Waals surface area contributed by atoms with Crippen LogP contribution in [-0.2, 0) is 19.1 Å². The second-order valence-corrected chi connectivity index (χ2v) is 6.12. The molecular formula is C17H21N5O5. The summed E-state index contributed by atoms with van der Waals surface area (Å²) in [6.07, 6.45) is 1.75. The van der Waals surface area contributed by atoms with E-state index in [4.69, 9.17) is 4.74 Å². The lowest BCUT2D eigenvalue weighted by Gasteiger charge is -2.18. The largest absolute Gasteiger partial charge is 0.467 e. The van der Waals surface area contributed by atoms with Gasteiger partial charge in [0.15, 0.2) is 6.61 Å². The Morgan fingerprint density at radius 1 is 1.22 bits per heavy atom. The number of para-hydroxylation sites is 1. The quantitative estimate of drug-likeness (QED) is 0.662. The van der Waals surface area contributed by atoms with Gasteiger partial charge < -0.3 is 14.8 Å². The number of carbonyl (C=O) groups excluding carboxylic acids is 3. The molecule has 1 heterocycles. The van der Waals surface area contributed by atoms with Crippen molar-refractivity contribution in [2.45, 2.75) is 26.3 Å². The van der Waals surface area contributed by atoms with E-state index in [1.54, 1.807) is 18.2 Å². The van der Waals surface area contributed by atoms with E-state index in [0.717, 1.165) is 0 Å². The van der Waals surface area contributed by atoms with Gasteiger partial charge >= 0.3 is 11.9 Å². The summed E-state index contributed by atoms with van der Waals surface area (Å²) in [6.45, 7) is 3.30. The molecule has 0 aliphatic rings. The Morgan fingerprint density at radius 2 is 1.96 bits per heavy atom. The Hall–Kier alpha value is -3.30. The van der Waals surface area contributed by atoms with Crippen LogP contribution in [0.4, 0.5) is 0 Å². The van der Waals surface area contributed by atoms with Crippen LogP contribution in [-0.4, -0.2) is 57.8 Å². The first-order chi connectivity index (χ1) is 12.9. The number of aromatic nitrogens is 4. The third kappa shape index (κ3) is 5.59. The number of tetrazole rings is 1. The first kappa shape index (κ1) is 20.0. The minimum atomic E-state index is -0.797. The first-order valence-corrected chi connectivity index (χ1v) is 8.29. The fourth-order valence-corrected chi connectivity index (χ4v) is 2.39. The number of carbonyl (C=O) groups is 3. The maximum absolute atomic E-state index is 12.3. The summed E-state index contributed by atoms with van der Waals surface area (Å²) in [6, 6.07) is 5.75. The molecule has 10 heteroatoms. The van der Waals surface area contributed by atoms with Gasteiger partial charge in [-0.3, -0.25) is 4.79 Å². The highest BCUT2D eigenvalue weighted by molar-refractivity contribution is 5.95. The molecule has 0 aliphatic heterocycles. The number of amides is 1. The highest BCUT2D eigenvalue weighted by Gasteiger charge is 2.23. The zero-order valence-corrected chi connectivity index (χ0v) is 15.3. The third-order valence-electron chi connectivity index (χ3n) is 3.58. The predicted molar refractivity (Wildman–Crippen MR) is 92.8 cm³/mol. The van der Waals surface area contributed by atoms with Crippen molar-refractivity contribution >= 4 is 17.8 Å². The van der Waals surface area contributed by atoms with E-state index in [2.05, 4.69) is 25.6 Å². The van der Waals surface area contributed by atoms with Gasteiger partial charge in [-0.2, -0.15) is 4.68 Å². The SMILES string of the molecule is COC(=O)C(CC(C)C)NC(=O)COC(=O)c1ccccc1-n1cnnn1. The summed E-state index contributed by atoms with van der Waals surface area (Å²) in [5, 5.41) is 13.3. The molecular weight excluding hydrogens is 354 g/mol. The molecule has 1 N–H and O–H groups in total. The molecule has 0 saturated heterocycles. The van der Waals surface area contributed by atoms with Crippen molar-refractivity contribution in [3.8, 4) is 5.69 Å². The van der Waals surface area contributed by atoms with Crippen molar-refractivity contribution in [2.24, 2.45) is 5.92 Å². The van der Waals surface area contributed by atoms with Crippen LogP contribution in [0.3, 0.4) is 0 Å². The molecule has 0 saturated carbocycles. The smallest absolute Gasteiger partial charge is 0.340 e. The zero-order chi connectivity index (χ0) is 19.8. The van der Waals surface area contributed by atoms with Crippen molar-refractivity contribution in [2.75, 3.05) is 13.7 Å². The van der Waals surface area contributed by atoms with E-state index in [0.29, 0.717) is 12.1 Å². The van der Waals surface area contributed by atoms with Crippen LogP contribution < -0.4 is 5.32 Å². The molecule has 144 valence electrons. The number of esters is 2. The summed E-state index contributed by atoms with van der Waals surface area (Å²) in [7, 11) is 1.25. The molecule has 1 aromatic heterocycles. The number of rotatable bonds is 8. The van der Waals surface area contributed by atoms with E-state index in [1.165, 1.54) is 24.2 Å². The van der Waals surface area contributed by atoms with Crippen LogP contribution >= 0.6 is 0 Å². The van der Waals surface area contributed by atoms with E-state index in [1.807, 2.05) is 13.8 Å². The highest BCUT2D eigenvalue weighted by Crippen LogP contribution is 2.14. The van der Waals surface area contributed by atoms with Gasteiger partial charge in [0.1, 0.15) is 12.4 Å². The zero-order valence-electron chi connectivity index (χ0n) is 15.3. The van der Waals surface area contributed by atoms with Crippen LogP contribution in [0.15, 0.2) is 30.6 Å². The van der Waals surface area contributed by atoms with Crippen molar-refractivity contribution in [3.63, 3.8) is 0 Å². The van der Waals surface area contributed by atoms with Gasteiger partial charge in [0.25, 0.3) is 5.91 Å². The standard InChI is InChI=1S/C17H21N5O5/c1-11(2)8-13(17(25)26-3)19-15(23)9-27-16(24)12-6-4-5-7-14(12)22-10-18-20-21-22/h4-7,10-11,13H,8-9H2,1-3H3,(H,19,23). The lowest BCUT2D eigenvalue weighted by molar-refractivity contribution is -0.145. The van der Waals surface area contributed by atoms with Crippen LogP contribution in [0.1, 0.15) is 30.6 Å². The number of hydrogen-bond donors (Lipinski definition) is 1. The molecule has 0 spiro atoms. The van der Waals surface area contributed by atoms with E-state index in [-0.39, 0.29) is 11.5 Å². The second kappa shape index (κ2) is 9.41. The van der Waals surface area contributed by atoms with Gasteiger partial charge in [-0.25, -0.2) is 9.59 Å². The molecule has 0 bridgehead atoms. The second-order valence-electron chi connectivity index (χ2n) is 6.12. The summed E-state index contributed by atoms with van der Waals surface area (Å²) < 4.78 is 11.1. The van der Waals surface area contributed by atoms with Gasteiger partial charge in [0.2, 0.25) is 0 Å². The summed E-state index contributed by atoms with van der Waals surface area (Å²) in [4.78, 5) is 36.2. The molecule has 0 fully saturated rings. The molecule has 0 radical (unpaired) electrons. The lowest BCUT2D eigenvalue weighted by atomic mass is 10.0. The Morgan fingerprint density at radius 3 is 2.59 bits per heavy atom. The molecule has 10 nitrogen and oxygen atoms in total. The minimum absolute atomic E-state index is 0.167. The molecule has 0 aliphatic carbocycles. The van der Waals surface area contributed by atoms with Crippen LogP contribution in [0.5, 0.6) is 0 Å². The van der Waals surface area contributed by atoms with E-state index >= 15 is 0 Å². The van der Waals surface area contributed by atoms with Gasteiger partial charge in [-0.05, 0) is 34.9 Å². The van der Waals surface area contributed by atoms with Crippen molar-refractivity contribution < 1.29 is 23.9 Å². The fourth-order valence-electron chi connectivity index (χ4n) is 2.39. The maximum Gasteiger partial charge on any atom is 0.340 e. The number of benzene rings is 1. The predicted octanol–water partition coefficient (Wildman–Crippen LogP) is 0.523. The summed E-state index contributed by atoms with van der Waals surface area (Å²) >= 11 is 0. The van der Waals surface area contributed by atoms with Gasteiger partial charge in [-0.1, -0.05) is 26.0 Å². The molecule has 1 amide bonds. The Labute approximate surface area is 155 Å². The van der Waals surface area contributed by atoms with Crippen molar-refractivity contribution in [1.82, 2.24) is 25.5 Å². The normalized spacial score (nSPS) is 11.7. The number of methoxy groups -OCH3 is 1. The fraction of sp³-hybridized carbons (Fsp3) is 0.412. The maximum atomic E-state index is 12.3.